The summed E-state index contributed by atoms with van der Waals surface area (Å²) in [4.78, 5) is 24.1. The number of hydrogen-bond acceptors (Lipinski definition) is 5. The molecular weight excluding hydrogens is 346 g/mol. The normalized spacial score (nSPS) is 13.7. The lowest BCUT2D eigenvalue weighted by Gasteiger charge is -2.19. The maximum absolute atomic E-state index is 13.1. The van der Waals surface area contributed by atoms with E-state index in [9.17, 15) is 9.59 Å². The summed E-state index contributed by atoms with van der Waals surface area (Å²) in [5.41, 5.74) is 11.8. The van der Waals surface area contributed by atoms with E-state index in [0.29, 0.717) is 47.0 Å². The lowest BCUT2D eigenvalue weighted by Crippen LogP contribution is -2.27. The highest BCUT2D eigenvalue weighted by Gasteiger charge is 2.26. The molecule has 1 fully saturated rings. The Kier molecular flexibility index (Phi) is 6.01. The number of fused-ring (bicyclic) bond motifs is 1. The van der Waals surface area contributed by atoms with Gasteiger partial charge in [0.15, 0.2) is 6.61 Å². The molecular formula is C20H27N3O4. The summed E-state index contributed by atoms with van der Waals surface area (Å²) >= 11 is 0. The zero-order valence-electron chi connectivity index (χ0n) is 15.7. The van der Waals surface area contributed by atoms with Crippen molar-refractivity contribution in [2.75, 3.05) is 13.2 Å². The van der Waals surface area contributed by atoms with Gasteiger partial charge in [-0.15, -0.1) is 0 Å². The van der Waals surface area contributed by atoms with Gasteiger partial charge in [0.2, 0.25) is 0 Å². The quantitative estimate of drug-likeness (QED) is 0.618. The van der Waals surface area contributed by atoms with Gasteiger partial charge < -0.3 is 25.5 Å². The van der Waals surface area contributed by atoms with Gasteiger partial charge in [0.1, 0.15) is 11.5 Å². The van der Waals surface area contributed by atoms with Crippen LogP contribution >= 0.6 is 0 Å². The first kappa shape index (κ1) is 19.2. The predicted molar refractivity (Wildman–Crippen MR) is 104 cm³/mol. The third-order valence-corrected chi connectivity index (χ3v) is 4.76. The summed E-state index contributed by atoms with van der Waals surface area (Å²) in [7, 11) is 0. The van der Waals surface area contributed by atoms with Crippen molar-refractivity contribution in [3.8, 4) is 11.5 Å². The van der Waals surface area contributed by atoms with Crippen LogP contribution in [-0.2, 0) is 17.9 Å². The van der Waals surface area contributed by atoms with Crippen molar-refractivity contribution < 1.29 is 14.3 Å². The fourth-order valence-corrected chi connectivity index (χ4v) is 3.12. The molecule has 146 valence electrons. The molecule has 0 spiro atoms. The number of nitrogens with zero attached hydrogens (tertiary/aromatic N) is 1. The van der Waals surface area contributed by atoms with Crippen LogP contribution in [0, 0.1) is 5.92 Å². The topological polar surface area (TPSA) is 110 Å². The smallest absolute Gasteiger partial charge is 0.258 e. The molecule has 0 radical (unpaired) electrons. The molecule has 1 amide bonds. The van der Waals surface area contributed by atoms with E-state index < -0.39 is 5.91 Å². The minimum absolute atomic E-state index is 0.0679. The molecule has 4 N–H and O–H groups in total. The van der Waals surface area contributed by atoms with Crippen molar-refractivity contribution in [2.24, 2.45) is 17.4 Å². The Balaban J connectivity index is 2.11. The van der Waals surface area contributed by atoms with Crippen LogP contribution < -0.4 is 26.5 Å². The number of primary amides is 1. The molecule has 3 rings (SSSR count). The van der Waals surface area contributed by atoms with Crippen LogP contribution in [0.1, 0.15) is 38.3 Å². The number of pyridine rings is 1. The second-order valence-electron chi connectivity index (χ2n) is 7.00. The van der Waals surface area contributed by atoms with E-state index in [0.717, 1.165) is 25.7 Å². The van der Waals surface area contributed by atoms with Gasteiger partial charge in [-0.2, -0.15) is 0 Å². The molecule has 7 heteroatoms. The first-order valence-electron chi connectivity index (χ1n) is 9.48. The highest BCUT2D eigenvalue weighted by Crippen LogP contribution is 2.34. The Labute approximate surface area is 158 Å². The van der Waals surface area contributed by atoms with Crippen LogP contribution in [0.25, 0.3) is 10.8 Å². The molecule has 0 atom stereocenters. The van der Waals surface area contributed by atoms with E-state index in [1.807, 2.05) is 0 Å². The summed E-state index contributed by atoms with van der Waals surface area (Å²) < 4.78 is 13.2. The van der Waals surface area contributed by atoms with Crippen LogP contribution in [0.4, 0.5) is 0 Å². The van der Waals surface area contributed by atoms with E-state index in [1.54, 1.807) is 22.8 Å². The lowest BCUT2D eigenvalue weighted by atomic mass is 10.1. The highest BCUT2D eigenvalue weighted by atomic mass is 16.5. The van der Waals surface area contributed by atoms with Crippen molar-refractivity contribution in [1.82, 2.24) is 4.57 Å². The van der Waals surface area contributed by atoms with Gasteiger partial charge in [-0.1, -0.05) is 13.3 Å². The van der Waals surface area contributed by atoms with Crippen LogP contribution in [0.2, 0.25) is 0 Å². The van der Waals surface area contributed by atoms with Crippen LogP contribution in [0.15, 0.2) is 23.0 Å². The van der Waals surface area contributed by atoms with Crippen molar-refractivity contribution >= 4 is 16.7 Å². The summed E-state index contributed by atoms with van der Waals surface area (Å²) in [5.74, 6) is 1.07. The minimum Gasteiger partial charge on any atom is -0.491 e. The monoisotopic (exact) mass is 373 g/mol. The van der Waals surface area contributed by atoms with Crippen molar-refractivity contribution in [1.29, 1.82) is 0 Å². The molecule has 1 aliphatic carbocycles. The largest absolute Gasteiger partial charge is 0.491 e. The van der Waals surface area contributed by atoms with Crippen molar-refractivity contribution in [2.45, 2.75) is 45.7 Å². The zero-order valence-corrected chi connectivity index (χ0v) is 15.7. The van der Waals surface area contributed by atoms with Gasteiger partial charge >= 0.3 is 0 Å². The summed E-state index contributed by atoms with van der Waals surface area (Å²) in [6.07, 6.45) is 4.19. The number of ether oxygens (including phenoxy) is 2. The number of hydrogen-bond donors (Lipinski definition) is 2. The first-order valence-corrected chi connectivity index (χ1v) is 9.48. The minimum atomic E-state index is -0.558. The Morgan fingerprint density at radius 1 is 1.26 bits per heavy atom. The standard InChI is InChI=1S/C20H27N3O4/c1-2-3-8-26-19-16-9-14(27-12-18(22)24)6-7-15(16)20(25)23(17(19)10-21)11-13-4-5-13/h6-7,9,13H,2-5,8,10-12,21H2,1H3,(H2,22,24). The Morgan fingerprint density at radius 2 is 2.04 bits per heavy atom. The maximum Gasteiger partial charge on any atom is 0.258 e. The highest BCUT2D eigenvalue weighted by molar-refractivity contribution is 5.90. The molecule has 1 aromatic carbocycles. The van der Waals surface area contributed by atoms with E-state index in [4.69, 9.17) is 20.9 Å². The van der Waals surface area contributed by atoms with Gasteiger partial charge in [0.25, 0.3) is 11.5 Å². The average Bonchev–Trinajstić information content (AvgIpc) is 3.47. The third-order valence-electron chi connectivity index (χ3n) is 4.76. The molecule has 7 nitrogen and oxygen atoms in total. The second kappa shape index (κ2) is 8.43. The van der Waals surface area contributed by atoms with Crippen molar-refractivity contribution in [3.63, 3.8) is 0 Å². The molecule has 0 unspecified atom stereocenters. The number of benzene rings is 1. The Hall–Kier alpha value is -2.54. The van der Waals surface area contributed by atoms with E-state index in [1.165, 1.54) is 0 Å². The van der Waals surface area contributed by atoms with E-state index in [2.05, 4.69) is 6.92 Å². The van der Waals surface area contributed by atoms with Crippen molar-refractivity contribution in [3.05, 3.63) is 34.2 Å². The summed E-state index contributed by atoms with van der Waals surface area (Å²) in [5, 5.41) is 1.22. The molecule has 0 saturated heterocycles. The van der Waals surface area contributed by atoms with Crippen LogP contribution in [0.5, 0.6) is 11.5 Å². The SMILES string of the molecule is CCCCOc1c(CN)n(CC2CC2)c(=O)c2ccc(OCC(N)=O)cc12. The number of carbonyl (C=O) groups is 1. The van der Waals surface area contributed by atoms with Gasteiger partial charge in [-0.3, -0.25) is 9.59 Å². The fraction of sp³-hybridized carbons (Fsp3) is 0.500. The van der Waals surface area contributed by atoms with Gasteiger partial charge in [-0.05, 0) is 43.4 Å². The van der Waals surface area contributed by atoms with E-state index in [-0.39, 0.29) is 18.7 Å². The summed E-state index contributed by atoms with van der Waals surface area (Å²) in [6, 6.07) is 5.11. The zero-order chi connectivity index (χ0) is 19.4. The lowest BCUT2D eigenvalue weighted by molar-refractivity contribution is -0.119. The molecule has 1 heterocycles. The van der Waals surface area contributed by atoms with Gasteiger partial charge in [-0.25, -0.2) is 0 Å². The fourth-order valence-electron chi connectivity index (χ4n) is 3.12. The number of carbonyl (C=O) groups excluding carboxylic acids is 1. The molecule has 1 aromatic heterocycles. The number of rotatable bonds is 10. The molecule has 0 aliphatic heterocycles. The molecule has 1 aliphatic rings. The maximum atomic E-state index is 13.1. The predicted octanol–water partition coefficient (Wildman–Crippen LogP) is 1.91. The molecule has 0 bridgehead atoms. The van der Waals surface area contributed by atoms with Crippen LogP contribution in [-0.4, -0.2) is 23.7 Å². The van der Waals surface area contributed by atoms with Gasteiger partial charge in [0.05, 0.1) is 17.7 Å². The number of amides is 1. The molecule has 1 saturated carbocycles. The Morgan fingerprint density at radius 3 is 2.67 bits per heavy atom. The third kappa shape index (κ3) is 4.42. The Bertz CT molecular complexity index is 887. The molecule has 27 heavy (non-hydrogen) atoms. The average molecular weight is 373 g/mol. The molecule has 2 aromatic rings. The number of nitrogens with two attached hydrogens (primary N) is 2. The summed E-state index contributed by atoms with van der Waals surface area (Å²) in [6.45, 7) is 3.30. The number of unbranched alkanes of at least 4 members (excludes halogenated alkanes) is 1. The van der Waals surface area contributed by atoms with Crippen LogP contribution in [0.3, 0.4) is 0 Å². The van der Waals surface area contributed by atoms with E-state index >= 15 is 0 Å². The van der Waals surface area contributed by atoms with Gasteiger partial charge in [0, 0.05) is 18.5 Å². The number of aromatic nitrogens is 1. The second-order valence-corrected chi connectivity index (χ2v) is 7.00. The first-order chi connectivity index (χ1) is 13.0.